The number of halogens is 1. The second kappa shape index (κ2) is 5.41. The third-order valence-electron chi connectivity index (χ3n) is 3.18. The van der Waals surface area contributed by atoms with E-state index in [1.54, 1.807) is 0 Å². The Labute approximate surface area is 125 Å². The monoisotopic (exact) mass is 289 g/mol. The van der Waals surface area contributed by atoms with E-state index in [2.05, 4.69) is 31.1 Å². The van der Waals surface area contributed by atoms with Crippen LogP contribution in [0.4, 0.5) is 5.82 Å². The van der Waals surface area contributed by atoms with Crippen LogP contribution in [0, 0.1) is 6.92 Å². The lowest BCUT2D eigenvalue weighted by atomic mass is 9.91. The maximum atomic E-state index is 6.01. The lowest BCUT2D eigenvalue weighted by molar-refractivity contribution is 0.568. The molecule has 3 nitrogen and oxygen atoms in total. The Morgan fingerprint density at radius 1 is 1.10 bits per heavy atom. The molecule has 1 heterocycles. The average Bonchev–Trinajstić information content (AvgIpc) is 2.37. The minimum absolute atomic E-state index is 0.0242. The molecule has 0 unspecified atom stereocenters. The van der Waals surface area contributed by atoms with Crippen molar-refractivity contribution in [2.45, 2.75) is 33.1 Å². The predicted octanol–water partition coefficient (Wildman–Crippen LogP) is 4.44. The summed E-state index contributed by atoms with van der Waals surface area (Å²) in [5.74, 6) is 1.56. The summed E-state index contributed by atoms with van der Waals surface area (Å²) >= 11 is 6.01. The van der Waals surface area contributed by atoms with Crippen LogP contribution in [0.2, 0.25) is 5.02 Å². The van der Waals surface area contributed by atoms with Crippen molar-refractivity contribution >= 4 is 17.4 Å². The highest BCUT2D eigenvalue weighted by molar-refractivity contribution is 6.30. The van der Waals surface area contributed by atoms with E-state index in [0.29, 0.717) is 0 Å². The first-order valence-electron chi connectivity index (χ1n) is 6.65. The first-order chi connectivity index (χ1) is 9.31. The maximum Gasteiger partial charge on any atom is 0.162 e. The van der Waals surface area contributed by atoms with Gasteiger partial charge in [0.2, 0.25) is 0 Å². The number of aromatic nitrogens is 2. The van der Waals surface area contributed by atoms with Crippen molar-refractivity contribution in [2.24, 2.45) is 0 Å². The van der Waals surface area contributed by atoms with Gasteiger partial charge in [0.25, 0.3) is 0 Å². The molecular formula is C16H20ClN3. The number of nitrogens with zero attached hydrogens (tertiary/aromatic N) is 2. The lowest BCUT2D eigenvalue weighted by Crippen LogP contribution is -2.15. The van der Waals surface area contributed by atoms with Gasteiger partial charge in [-0.2, -0.15) is 0 Å². The van der Waals surface area contributed by atoms with Crippen LogP contribution in [0.5, 0.6) is 0 Å². The van der Waals surface area contributed by atoms with Crippen molar-refractivity contribution in [3.8, 4) is 11.4 Å². The Morgan fingerprint density at radius 3 is 2.35 bits per heavy atom. The Balaban J connectivity index is 2.61. The Morgan fingerprint density at radius 2 is 1.80 bits per heavy atom. The number of hydrogen-bond acceptors (Lipinski definition) is 3. The van der Waals surface area contributed by atoms with E-state index in [0.717, 1.165) is 33.5 Å². The molecule has 0 aliphatic carbocycles. The van der Waals surface area contributed by atoms with Crippen LogP contribution in [0.1, 0.15) is 32.0 Å². The smallest absolute Gasteiger partial charge is 0.162 e. The fourth-order valence-corrected chi connectivity index (χ4v) is 2.18. The largest absolute Gasteiger partial charge is 0.373 e. The van der Waals surface area contributed by atoms with Gasteiger partial charge in [-0.1, -0.05) is 32.4 Å². The summed E-state index contributed by atoms with van der Waals surface area (Å²) in [4.78, 5) is 9.28. The summed E-state index contributed by atoms with van der Waals surface area (Å²) in [6.07, 6.45) is 0. The summed E-state index contributed by atoms with van der Waals surface area (Å²) in [6.45, 7) is 8.46. The van der Waals surface area contributed by atoms with Gasteiger partial charge >= 0.3 is 0 Å². The Kier molecular flexibility index (Phi) is 4.00. The Bertz CT molecular complexity index is 630. The van der Waals surface area contributed by atoms with Crippen molar-refractivity contribution in [3.63, 3.8) is 0 Å². The quantitative estimate of drug-likeness (QED) is 0.888. The summed E-state index contributed by atoms with van der Waals surface area (Å²) in [5.41, 5.74) is 3.08. The van der Waals surface area contributed by atoms with Gasteiger partial charge in [-0.05, 0) is 30.7 Å². The third-order valence-corrected chi connectivity index (χ3v) is 3.42. The lowest BCUT2D eigenvalue weighted by Gasteiger charge is -2.19. The molecule has 0 bridgehead atoms. The van der Waals surface area contributed by atoms with Gasteiger partial charge < -0.3 is 5.32 Å². The molecule has 0 radical (unpaired) electrons. The van der Waals surface area contributed by atoms with Crippen molar-refractivity contribution in [2.75, 3.05) is 12.4 Å². The SMILES string of the molecule is CNc1cc(C(C)(C)C)nc(-c2ccc(Cl)cc2C)n1. The molecule has 0 aliphatic rings. The van der Waals surface area contributed by atoms with E-state index in [-0.39, 0.29) is 5.41 Å². The first-order valence-corrected chi connectivity index (χ1v) is 7.03. The Hall–Kier alpha value is -1.61. The molecule has 0 amide bonds. The molecule has 20 heavy (non-hydrogen) atoms. The fraction of sp³-hybridized carbons (Fsp3) is 0.375. The minimum Gasteiger partial charge on any atom is -0.373 e. The molecule has 0 saturated carbocycles. The van der Waals surface area contributed by atoms with E-state index in [4.69, 9.17) is 16.6 Å². The topological polar surface area (TPSA) is 37.8 Å². The van der Waals surface area contributed by atoms with E-state index in [1.165, 1.54) is 0 Å². The number of anilines is 1. The highest BCUT2D eigenvalue weighted by atomic mass is 35.5. The number of hydrogen-bond donors (Lipinski definition) is 1. The van der Waals surface area contributed by atoms with E-state index in [9.17, 15) is 0 Å². The van der Waals surface area contributed by atoms with Crippen LogP contribution in [-0.4, -0.2) is 17.0 Å². The fourth-order valence-electron chi connectivity index (χ4n) is 1.96. The number of nitrogens with one attached hydrogen (secondary N) is 1. The summed E-state index contributed by atoms with van der Waals surface area (Å²) in [6, 6.07) is 7.77. The zero-order valence-corrected chi connectivity index (χ0v) is 13.3. The van der Waals surface area contributed by atoms with Crippen LogP contribution in [-0.2, 0) is 5.41 Å². The molecule has 106 valence electrons. The molecule has 1 aromatic heterocycles. The number of rotatable bonds is 2. The van der Waals surface area contributed by atoms with Gasteiger partial charge in [-0.25, -0.2) is 9.97 Å². The molecule has 1 N–H and O–H groups in total. The van der Waals surface area contributed by atoms with Gasteiger partial charge in [0, 0.05) is 29.1 Å². The zero-order valence-electron chi connectivity index (χ0n) is 12.6. The molecule has 0 spiro atoms. The zero-order chi connectivity index (χ0) is 14.9. The second-order valence-electron chi connectivity index (χ2n) is 5.92. The van der Waals surface area contributed by atoms with Gasteiger partial charge in [-0.15, -0.1) is 0 Å². The molecule has 0 aliphatic heterocycles. The summed E-state index contributed by atoms with van der Waals surface area (Å²) in [5, 5.41) is 3.83. The van der Waals surface area contributed by atoms with E-state index >= 15 is 0 Å². The predicted molar refractivity (Wildman–Crippen MR) is 85.5 cm³/mol. The molecule has 0 atom stereocenters. The van der Waals surface area contributed by atoms with Crippen molar-refractivity contribution in [1.29, 1.82) is 0 Å². The van der Waals surface area contributed by atoms with Crippen molar-refractivity contribution < 1.29 is 0 Å². The van der Waals surface area contributed by atoms with Crippen molar-refractivity contribution in [3.05, 3.63) is 40.5 Å². The molecule has 1 aromatic carbocycles. The average molecular weight is 290 g/mol. The van der Waals surface area contributed by atoms with Gasteiger partial charge in [-0.3, -0.25) is 0 Å². The van der Waals surface area contributed by atoms with Gasteiger partial charge in [0.1, 0.15) is 5.82 Å². The molecule has 2 rings (SSSR count). The van der Waals surface area contributed by atoms with Gasteiger partial charge in [0.05, 0.1) is 5.69 Å². The third kappa shape index (κ3) is 3.10. The number of benzene rings is 1. The van der Waals surface area contributed by atoms with Crippen LogP contribution < -0.4 is 5.32 Å². The van der Waals surface area contributed by atoms with E-state index in [1.807, 2.05) is 38.2 Å². The standard InChI is InChI=1S/C16H20ClN3/c1-10-8-11(17)6-7-12(10)15-19-13(16(2,3)4)9-14(18-5)20-15/h6-9H,1-5H3,(H,18,19,20). The van der Waals surface area contributed by atoms with Crippen LogP contribution in [0.15, 0.2) is 24.3 Å². The minimum atomic E-state index is -0.0242. The normalized spacial score (nSPS) is 11.5. The van der Waals surface area contributed by atoms with Gasteiger partial charge in [0.15, 0.2) is 5.82 Å². The highest BCUT2D eigenvalue weighted by Crippen LogP contribution is 2.28. The maximum absolute atomic E-state index is 6.01. The van der Waals surface area contributed by atoms with Crippen LogP contribution in [0.25, 0.3) is 11.4 Å². The molecule has 0 fully saturated rings. The second-order valence-corrected chi connectivity index (χ2v) is 6.36. The molecule has 2 aromatic rings. The first kappa shape index (κ1) is 14.8. The number of aryl methyl sites for hydroxylation is 1. The van der Waals surface area contributed by atoms with Crippen LogP contribution in [0.3, 0.4) is 0 Å². The van der Waals surface area contributed by atoms with Crippen molar-refractivity contribution in [1.82, 2.24) is 9.97 Å². The summed E-state index contributed by atoms with van der Waals surface area (Å²) < 4.78 is 0. The molecular weight excluding hydrogens is 270 g/mol. The highest BCUT2D eigenvalue weighted by Gasteiger charge is 2.18. The molecule has 0 saturated heterocycles. The molecule has 4 heteroatoms. The van der Waals surface area contributed by atoms with Crippen LogP contribution >= 0.6 is 11.6 Å². The summed E-state index contributed by atoms with van der Waals surface area (Å²) in [7, 11) is 1.87. The van der Waals surface area contributed by atoms with E-state index < -0.39 is 0 Å².